The predicted molar refractivity (Wildman–Crippen MR) is 55.1 cm³/mol. The zero-order chi connectivity index (χ0) is 9.97. The third kappa shape index (κ3) is 2.45. The molecule has 2 aliphatic heterocycles. The fraction of sp³-hybridized carbons (Fsp3) is 0.900. The lowest BCUT2D eigenvalue weighted by molar-refractivity contribution is -0.125. The minimum absolute atomic E-state index is 0.168. The smallest absolute Gasteiger partial charge is 0.234 e. The van der Waals surface area contributed by atoms with E-state index in [2.05, 4.69) is 22.5 Å². The van der Waals surface area contributed by atoms with Crippen LogP contribution in [0.4, 0.5) is 0 Å². The highest BCUT2D eigenvalue weighted by molar-refractivity contribution is 5.79. The van der Waals surface area contributed by atoms with Crippen molar-refractivity contribution in [2.45, 2.75) is 31.8 Å². The van der Waals surface area contributed by atoms with Gasteiger partial charge in [0.05, 0.1) is 6.54 Å². The molecule has 0 saturated carbocycles. The van der Waals surface area contributed by atoms with Crippen LogP contribution in [0.3, 0.4) is 0 Å². The maximum atomic E-state index is 11.3. The molecule has 0 aromatic carbocycles. The van der Waals surface area contributed by atoms with Gasteiger partial charge in [-0.2, -0.15) is 0 Å². The standard InChI is InChI=1S/C10H19N3O/c1-8-5-13(7-10(14)12-8)6-9-3-2-4-11-9/h8-9,11H,2-7H2,1H3,(H,12,14). The van der Waals surface area contributed by atoms with Crippen LogP contribution in [0.5, 0.6) is 0 Å². The van der Waals surface area contributed by atoms with Crippen molar-refractivity contribution in [2.24, 2.45) is 0 Å². The molecule has 2 rings (SSSR count). The van der Waals surface area contributed by atoms with Gasteiger partial charge in [0.15, 0.2) is 0 Å². The average molecular weight is 197 g/mol. The van der Waals surface area contributed by atoms with Gasteiger partial charge in [-0.3, -0.25) is 9.69 Å². The van der Waals surface area contributed by atoms with Crippen molar-refractivity contribution in [3.63, 3.8) is 0 Å². The molecule has 0 radical (unpaired) electrons. The molecule has 2 saturated heterocycles. The number of carbonyl (C=O) groups excluding carboxylic acids is 1. The molecule has 2 fully saturated rings. The van der Waals surface area contributed by atoms with Crippen LogP contribution < -0.4 is 10.6 Å². The van der Waals surface area contributed by atoms with Crippen LogP contribution >= 0.6 is 0 Å². The minimum atomic E-state index is 0.168. The number of amides is 1. The van der Waals surface area contributed by atoms with Crippen LogP contribution in [0.15, 0.2) is 0 Å². The number of piperazine rings is 1. The minimum Gasteiger partial charge on any atom is -0.351 e. The fourth-order valence-electron chi connectivity index (χ4n) is 2.38. The Morgan fingerprint density at radius 1 is 1.57 bits per heavy atom. The van der Waals surface area contributed by atoms with Crippen LogP contribution in [0.25, 0.3) is 0 Å². The zero-order valence-corrected chi connectivity index (χ0v) is 8.75. The van der Waals surface area contributed by atoms with Crippen molar-refractivity contribution in [1.82, 2.24) is 15.5 Å². The van der Waals surface area contributed by atoms with Crippen molar-refractivity contribution >= 4 is 5.91 Å². The van der Waals surface area contributed by atoms with Crippen molar-refractivity contribution in [1.29, 1.82) is 0 Å². The Bertz CT molecular complexity index is 213. The highest BCUT2D eigenvalue weighted by Crippen LogP contribution is 2.08. The summed E-state index contributed by atoms with van der Waals surface area (Å²) in [5, 5.41) is 6.39. The quantitative estimate of drug-likeness (QED) is 0.631. The first-order valence-corrected chi connectivity index (χ1v) is 5.49. The van der Waals surface area contributed by atoms with E-state index in [0.717, 1.165) is 19.6 Å². The first-order valence-electron chi connectivity index (χ1n) is 5.49. The number of nitrogens with one attached hydrogen (secondary N) is 2. The topological polar surface area (TPSA) is 44.4 Å². The second-order valence-electron chi connectivity index (χ2n) is 4.46. The van der Waals surface area contributed by atoms with E-state index in [-0.39, 0.29) is 5.91 Å². The fourth-order valence-corrected chi connectivity index (χ4v) is 2.38. The maximum Gasteiger partial charge on any atom is 0.234 e. The highest BCUT2D eigenvalue weighted by Gasteiger charge is 2.24. The molecular weight excluding hydrogens is 178 g/mol. The van der Waals surface area contributed by atoms with E-state index < -0.39 is 0 Å². The molecule has 4 heteroatoms. The second kappa shape index (κ2) is 4.28. The highest BCUT2D eigenvalue weighted by atomic mass is 16.2. The van der Waals surface area contributed by atoms with Gasteiger partial charge < -0.3 is 10.6 Å². The Morgan fingerprint density at radius 3 is 3.07 bits per heavy atom. The van der Waals surface area contributed by atoms with Crippen molar-refractivity contribution in [3.05, 3.63) is 0 Å². The molecule has 4 nitrogen and oxygen atoms in total. The lowest BCUT2D eigenvalue weighted by Gasteiger charge is -2.32. The van der Waals surface area contributed by atoms with Gasteiger partial charge >= 0.3 is 0 Å². The summed E-state index contributed by atoms with van der Waals surface area (Å²) in [5.74, 6) is 0.168. The monoisotopic (exact) mass is 197 g/mol. The van der Waals surface area contributed by atoms with E-state index in [1.54, 1.807) is 0 Å². The summed E-state index contributed by atoms with van der Waals surface area (Å²) in [5.41, 5.74) is 0. The molecule has 0 bridgehead atoms. The summed E-state index contributed by atoms with van der Waals surface area (Å²) in [7, 11) is 0. The van der Waals surface area contributed by atoms with Crippen molar-refractivity contribution in [3.8, 4) is 0 Å². The van der Waals surface area contributed by atoms with Crippen LogP contribution in [0.1, 0.15) is 19.8 Å². The molecule has 0 aromatic rings. The Hall–Kier alpha value is -0.610. The molecule has 0 spiro atoms. The van der Waals surface area contributed by atoms with E-state index in [0.29, 0.717) is 18.6 Å². The Labute approximate surface area is 85.0 Å². The summed E-state index contributed by atoms with van der Waals surface area (Å²) in [4.78, 5) is 13.5. The zero-order valence-electron chi connectivity index (χ0n) is 8.75. The Balaban J connectivity index is 1.81. The molecule has 14 heavy (non-hydrogen) atoms. The third-order valence-electron chi connectivity index (χ3n) is 2.95. The molecule has 2 atom stereocenters. The summed E-state index contributed by atoms with van der Waals surface area (Å²) in [6, 6.07) is 0.908. The first kappa shape index (κ1) is 9.93. The van der Waals surface area contributed by atoms with Crippen LogP contribution in [0, 0.1) is 0 Å². The number of rotatable bonds is 2. The molecule has 0 aromatic heterocycles. The molecule has 0 aliphatic carbocycles. The molecule has 2 aliphatic rings. The number of carbonyl (C=O) groups is 1. The summed E-state index contributed by atoms with van der Waals surface area (Å²) in [6.45, 7) is 5.79. The molecule has 2 heterocycles. The van der Waals surface area contributed by atoms with Gasteiger partial charge in [-0.05, 0) is 26.3 Å². The van der Waals surface area contributed by atoms with Gasteiger partial charge in [-0.25, -0.2) is 0 Å². The second-order valence-corrected chi connectivity index (χ2v) is 4.46. The Morgan fingerprint density at radius 2 is 2.43 bits per heavy atom. The van der Waals surface area contributed by atoms with E-state index in [9.17, 15) is 4.79 Å². The lowest BCUT2D eigenvalue weighted by Crippen LogP contribution is -2.55. The number of hydrogen-bond donors (Lipinski definition) is 2. The predicted octanol–water partition coefficient (Wildman–Crippen LogP) is -0.441. The molecule has 2 unspecified atom stereocenters. The van der Waals surface area contributed by atoms with Gasteiger partial charge in [0.1, 0.15) is 0 Å². The van der Waals surface area contributed by atoms with E-state index in [1.165, 1.54) is 12.8 Å². The molecule has 80 valence electrons. The number of hydrogen-bond acceptors (Lipinski definition) is 3. The molecule has 1 amide bonds. The van der Waals surface area contributed by atoms with E-state index in [4.69, 9.17) is 0 Å². The third-order valence-corrected chi connectivity index (χ3v) is 2.95. The van der Waals surface area contributed by atoms with Crippen LogP contribution in [-0.2, 0) is 4.79 Å². The van der Waals surface area contributed by atoms with Crippen LogP contribution in [0.2, 0.25) is 0 Å². The lowest BCUT2D eigenvalue weighted by atomic mass is 10.1. The first-order chi connectivity index (χ1) is 6.74. The van der Waals surface area contributed by atoms with Gasteiger partial charge in [-0.1, -0.05) is 0 Å². The van der Waals surface area contributed by atoms with Crippen molar-refractivity contribution < 1.29 is 4.79 Å². The summed E-state index contributed by atoms with van der Waals surface area (Å²) < 4.78 is 0. The summed E-state index contributed by atoms with van der Waals surface area (Å²) in [6.07, 6.45) is 2.53. The molecule has 2 N–H and O–H groups in total. The normalized spacial score (nSPS) is 34.5. The van der Waals surface area contributed by atoms with Gasteiger partial charge in [0, 0.05) is 25.2 Å². The summed E-state index contributed by atoms with van der Waals surface area (Å²) >= 11 is 0. The largest absolute Gasteiger partial charge is 0.351 e. The van der Waals surface area contributed by atoms with Crippen molar-refractivity contribution in [2.75, 3.05) is 26.2 Å². The van der Waals surface area contributed by atoms with E-state index >= 15 is 0 Å². The van der Waals surface area contributed by atoms with E-state index in [1.807, 2.05) is 0 Å². The maximum absolute atomic E-state index is 11.3. The van der Waals surface area contributed by atoms with Gasteiger partial charge in [0.2, 0.25) is 5.91 Å². The SMILES string of the molecule is CC1CN(CC2CCCN2)CC(=O)N1. The van der Waals surface area contributed by atoms with Gasteiger partial charge in [-0.15, -0.1) is 0 Å². The average Bonchev–Trinajstić information content (AvgIpc) is 2.54. The number of nitrogens with zero attached hydrogens (tertiary/aromatic N) is 1. The van der Waals surface area contributed by atoms with Gasteiger partial charge in [0.25, 0.3) is 0 Å². The van der Waals surface area contributed by atoms with Crippen LogP contribution in [-0.4, -0.2) is 49.1 Å². The Kier molecular flexibility index (Phi) is 3.03. The molecular formula is C10H19N3O.